The number of imide groups is 1. The zero-order chi connectivity index (χ0) is 25.6. The summed E-state index contributed by atoms with van der Waals surface area (Å²) in [7, 11) is 3.01. The first-order valence-corrected chi connectivity index (χ1v) is 11.8. The predicted octanol–water partition coefficient (Wildman–Crippen LogP) is 2.93. The molecule has 2 aliphatic heterocycles. The Morgan fingerprint density at radius 1 is 1.22 bits per heavy atom. The molecule has 10 heteroatoms. The summed E-state index contributed by atoms with van der Waals surface area (Å²) in [6.07, 6.45) is 0.255. The van der Waals surface area contributed by atoms with Gasteiger partial charge in [0.05, 0.1) is 13.7 Å². The van der Waals surface area contributed by atoms with E-state index in [2.05, 4.69) is 10.3 Å². The Bertz CT molecular complexity index is 1340. The van der Waals surface area contributed by atoms with Gasteiger partial charge in [-0.15, -0.1) is 0 Å². The number of carbonyl (C=O) groups is 2. The summed E-state index contributed by atoms with van der Waals surface area (Å²) in [5.41, 5.74) is 1.53. The third-order valence-electron chi connectivity index (χ3n) is 7.12. The van der Waals surface area contributed by atoms with Crippen LogP contribution in [0.25, 0.3) is 10.9 Å². The van der Waals surface area contributed by atoms with Crippen LogP contribution in [0.2, 0.25) is 0 Å². The Morgan fingerprint density at radius 2 is 2.03 bits per heavy atom. The Labute approximate surface area is 207 Å². The second kappa shape index (κ2) is 9.11. The number of phenolic OH excluding ortho intramolecular Hbond substituents is 1. The second-order valence-electron chi connectivity index (χ2n) is 9.35. The van der Waals surface area contributed by atoms with Crippen LogP contribution in [0.15, 0.2) is 36.4 Å². The van der Waals surface area contributed by atoms with Crippen LogP contribution in [-0.2, 0) is 16.0 Å². The lowest BCUT2D eigenvalue weighted by Gasteiger charge is -2.42. The molecule has 0 aliphatic carbocycles. The number of phenols is 1. The predicted molar refractivity (Wildman–Crippen MR) is 131 cm³/mol. The Morgan fingerprint density at radius 3 is 2.75 bits per heavy atom. The van der Waals surface area contributed by atoms with Crippen LogP contribution in [0.1, 0.15) is 29.8 Å². The number of fused-ring (bicyclic) bond motifs is 4. The topological polar surface area (TPSA) is 107 Å². The molecule has 1 aromatic heterocycles. The third-order valence-corrected chi connectivity index (χ3v) is 7.12. The number of methoxy groups -OCH3 is 2. The summed E-state index contributed by atoms with van der Waals surface area (Å²) in [5.74, 6) is -0.658. The molecule has 0 bridgehead atoms. The van der Waals surface area contributed by atoms with E-state index < -0.39 is 23.4 Å². The molecule has 5 rings (SSSR count). The smallest absolute Gasteiger partial charge is 0.328 e. The van der Waals surface area contributed by atoms with E-state index in [9.17, 15) is 19.1 Å². The van der Waals surface area contributed by atoms with Crippen molar-refractivity contribution in [2.75, 3.05) is 40.5 Å². The number of urea groups is 1. The number of benzene rings is 2. The standard InChI is InChI=1S/C26H29FN4O5/c1-26-14-18-17-12-21(36-3)19(27)13-20(17)29-22(18)23(15-5-4-6-16(32)11-15)31(26)25(34)30(24(26)33)9-7-28-8-10-35-2/h4-6,11-13,23,28-29,32H,7-10,14H2,1-3H3/t23-,26+/m1/s1. The van der Waals surface area contributed by atoms with E-state index in [1.807, 2.05) is 0 Å². The van der Waals surface area contributed by atoms with Gasteiger partial charge in [-0.3, -0.25) is 14.6 Å². The lowest BCUT2D eigenvalue weighted by molar-refractivity contribution is -0.133. The van der Waals surface area contributed by atoms with Crippen LogP contribution in [0.4, 0.5) is 9.18 Å². The second-order valence-corrected chi connectivity index (χ2v) is 9.35. The summed E-state index contributed by atoms with van der Waals surface area (Å²) >= 11 is 0. The number of nitrogens with one attached hydrogen (secondary N) is 2. The maximum atomic E-state index is 14.5. The van der Waals surface area contributed by atoms with Gasteiger partial charge in [-0.2, -0.15) is 0 Å². The number of hydrogen-bond donors (Lipinski definition) is 3. The molecule has 9 nitrogen and oxygen atoms in total. The van der Waals surface area contributed by atoms with Crippen LogP contribution in [0.5, 0.6) is 11.5 Å². The van der Waals surface area contributed by atoms with E-state index in [0.717, 1.165) is 10.9 Å². The van der Waals surface area contributed by atoms with Crippen molar-refractivity contribution in [2.45, 2.75) is 24.9 Å². The van der Waals surface area contributed by atoms with Crippen LogP contribution in [0.3, 0.4) is 0 Å². The molecule has 1 saturated heterocycles. The normalized spacial score (nSPS) is 21.3. The van der Waals surface area contributed by atoms with Gasteiger partial charge in [0, 0.05) is 55.8 Å². The maximum absolute atomic E-state index is 14.5. The number of rotatable bonds is 8. The molecule has 190 valence electrons. The van der Waals surface area contributed by atoms with Crippen molar-refractivity contribution in [3.63, 3.8) is 0 Å². The van der Waals surface area contributed by atoms with Crippen LogP contribution in [0, 0.1) is 5.82 Å². The molecule has 0 spiro atoms. The summed E-state index contributed by atoms with van der Waals surface area (Å²) < 4.78 is 24.8. The molecule has 3 amide bonds. The Balaban J connectivity index is 1.62. The number of H-pyrrole nitrogens is 1. The number of aromatic hydroxyl groups is 1. The van der Waals surface area contributed by atoms with Gasteiger partial charge in [0.25, 0.3) is 5.91 Å². The van der Waals surface area contributed by atoms with E-state index >= 15 is 0 Å². The molecule has 2 aliphatic rings. The molecule has 3 aromatic rings. The Kier molecular flexibility index (Phi) is 6.09. The lowest BCUT2D eigenvalue weighted by Crippen LogP contribution is -2.53. The zero-order valence-corrected chi connectivity index (χ0v) is 20.4. The molecule has 2 aromatic carbocycles. The van der Waals surface area contributed by atoms with E-state index in [1.54, 1.807) is 49.3 Å². The highest BCUT2D eigenvalue weighted by molar-refractivity contribution is 6.08. The van der Waals surface area contributed by atoms with E-state index in [1.165, 1.54) is 18.1 Å². The molecule has 0 saturated carbocycles. The fourth-order valence-corrected chi connectivity index (χ4v) is 5.40. The number of carbonyl (C=O) groups excluding carboxylic acids is 2. The number of ether oxygens (including phenoxy) is 2. The van der Waals surface area contributed by atoms with Crippen LogP contribution < -0.4 is 10.1 Å². The number of hydrogen-bond acceptors (Lipinski definition) is 6. The first kappa shape index (κ1) is 24.1. The maximum Gasteiger partial charge on any atom is 0.328 e. The van der Waals surface area contributed by atoms with E-state index in [4.69, 9.17) is 9.47 Å². The van der Waals surface area contributed by atoms with Gasteiger partial charge in [0.1, 0.15) is 17.3 Å². The fraction of sp³-hybridized carbons (Fsp3) is 0.385. The van der Waals surface area contributed by atoms with Crippen molar-refractivity contribution in [2.24, 2.45) is 0 Å². The molecule has 3 heterocycles. The van der Waals surface area contributed by atoms with Crippen molar-refractivity contribution in [3.05, 3.63) is 59.0 Å². The van der Waals surface area contributed by atoms with Gasteiger partial charge < -0.3 is 24.9 Å². The SMILES string of the molecule is COCCNCCN1C(=O)N2[C@H](c3cccc(O)c3)c3[nH]c4cc(F)c(OC)cc4c3C[C@@]2(C)C1=O. The molecule has 2 atom stereocenters. The zero-order valence-electron chi connectivity index (χ0n) is 20.4. The lowest BCUT2D eigenvalue weighted by atomic mass is 9.81. The van der Waals surface area contributed by atoms with Gasteiger partial charge in [-0.05, 0) is 36.2 Å². The van der Waals surface area contributed by atoms with E-state index in [-0.39, 0.29) is 30.4 Å². The van der Waals surface area contributed by atoms with E-state index in [0.29, 0.717) is 36.5 Å². The summed E-state index contributed by atoms with van der Waals surface area (Å²) in [4.78, 5) is 33.7. The number of halogens is 1. The first-order valence-electron chi connectivity index (χ1n) is 11.8. The summed E-state index contributed by atoms with van der Waals surface area (Å²) in [6, 6.07) is 8.53. The molecular formula is C26H29FN4O5. The molecular weight excluding hydrogens is 467 g/mol. The van der Waals surface area contributed by atoms with Crippen LogP contribution >= 0.6 is 0 Å². The highest BCUT2D eigenvalue weighted by Gasteiger charge is 2.60. The molecule has 36 heavy (non-hydrogen) atoms. The highest BCUT2D eigenvalue weighted by Crippen LogP contribution is 2.49. The summed E-state index contributed by atoms with van der Waals surface area (Å²) in [6.45, 7) is 3.55. The van der Waals surface area contributed by atoms with Gasteiger partial charge in [-0.1, -0.05) is 12.1 Å². The minimum atomic E-state index is -1.16. The quantitative estimate of drug-likeness (QED) is 0.327. The van der Waals surface area contributed by atoms with Gasteiger partial charge in [-0.25, -0.2) is 9.18 Å². The first-order chi connectivity index (χ1) is 17.3. The largest absolute Gasteiger partial charge is 0.508 e. The van der Waals surface area contributed by atoms with Gasteiger partial charge in [0.15, 0.2) is 11.6 Å². The fourth-order valence-electron chi connectivity index (χ4n) is 5.40. The number of amides is 3. The average Bonchev–Trinajstić information content (AvgIpc) is 3.28. The number of aromatic amines is 1. The van der Waals surface area contributed by atoms with Crippen molar-refractivity contribution in [3.8, 4) is 11.5 Å². The van der Waals surface area contributed by atoms with Crippen molar-refractivity contribution in [1.29, 1.82) is 0 Å². The Hall–Kier alpha value is -3.63. The number of nitrogens with zero attached hydrogens (tertiary/aromatic N) is 2. The third kappa shape index (κ3) is 3.68. The molecule has 0 radical (unpaired) electrons. The van der Waals surface area contributed by atoms with Crippen LogP contribution in [-0.4, -0.2) is 77.8 Å². The monoisotopic (exact) mass is 496 g/mol. The van der Waals surface area contributed by atoms with Crippen molar-refractivity contribution >= 4 is 22.8 Å². The molecule has 3 N–H and O–H groups in total. The minimum Gasteiger partial charge on any atom is -0.508 e. The van der Waals surface area contributed by atoms with Crippen molar-refractivity contribution < 1.29 is 28.6 Å². The molecule has 0 unspecified atom stereocenters. The summed E-state index contributed by atoms with van der Waals surface area (Å²) in [5, 5.41) is 14.1. The number of aromatic nitrogens is 1. The van der Waals surface area contributed by atoms with Gasteiger partial charge in [0.2, 0.25) is 0 Å². The molecule has 1 fully saturated rings. The van der Waals surface area contributed by atoms with Crippen molar-refractivity contribution in [1.82, 2.24) is 20.1 Å². The van der Waals surface area contributed by atoms with Gasteiger partial charge >= 0.3 is 6.03 Å². The minimum absolute atomic E-state index is 0.0438. The average molecular weight is 497 g/mol. The highest BCUT2D eigenvalue weighted by atomic mass is 19.1.